The van der Waals surface area contributed by atoms with Gasteiger partial charge in [-0.15, -0.1) is 0 Å². The van der Waals surface area contributed by atoms with Gasteiger partial charge < -0.3 is 25.2 Å². The summed E-state index contributed by atoms with van der Waals surface area (Å²) >= 11 is 6.17. The Labute approximate surface area is 233 Å². The molecule has 2 heterocycles. The molecule has 202 valence electrons. The van der Waals surface area contributed by atoms with Gasteiger partial charge in [-0.05, 0) is 36.9 Å². The third-order valence-corrected chi connectivity index (χ3v) is 7.41. The fraction of sp³-hybridized carbons (Fsp3) is 0.267. The first kappa shape index (κ1) is 26.7. The topological polar surface area (TPSA) is 77.1 Å². The van der Waals surface area contributed by atoms with Crippen molar-refractivity contribution in [3.05, 3.63) is 82.9 Å². The Bertz CT molecular complexity index is 1420. The minimum Gasteiger partial charge on any atom is -0.494 e. The second-order valence-electron chi connectivity index (χ2n) is 9.80. The second-order valence-corrected chi connectivity index (χ2v) is 10.2. The average Bonchev–Trinajstić information content (AvgIpc) is 3.27. The van der Waals surface area contributed by atoms with Gasteiger partial charge in [-0.3, -0.25) is 14.5 Å². The van der Waals surface area contributed by atoms with Crippen LogP contribution in [0.25, 0.3) is 11.3 Å². The van der Waals surface area contributed by atoms with Crippen LogP contribution in [0.4, 0.5) is 17.1 Å². The fourth-order valence-corrected chi connectivity index (χ4v) is 5.06. The van der Waals surface area contributed by atoms with Crippen LogP contribution >= 0.6 is 11.6 Å². The predicted octanol–water partition coefficient (Wildman–Crippen LogP) is 4.49. The standard InChI is InChI=1S/C30H32ClN5O3/c1-34-13-15-36(16-14-34)19-27(37)35(2)25-12-10-22(18-26(25)39-3)32-29(20-7-5-4-6-8-20)28-23-11-9-21(31)17-24(23)33-30(28)38/h4-12,17-18,32H,13-16,19H2,1-3H3,(H,33,38)/b29-28-. The van der Waals surface area contributed by atoms with Gasteiger partial charge in [0.05, 0.1) is 36.3 Å². The second kappa shape index (κ2) is 11.5. The van der Waals surface area contributed by atoms with Crippen molar-refractivity contribution in [2.24, 2.45) is 0 Å². The Morgan fingerprint density at radius 2 is 1.79 bits per heavy atom. The Morgan fingerprint density at radius 1 is 1.05 bits per heavy atom. The zero-order chi connectivity index (χ0) is 27.5. The number of methoxy groups -OCH3 is 1. The summed E-state index contributed by atoms with van der Waals surface area (Å²) in [5.74, 6) is 0.342. The number of halogens is 1. The highest BCUT2D eigenvalue weighted by atomic mass is 35.5. The SMILES string of the molecule is COc1cc(N/C(=C2\C(=O)Nc3cc(Cl)ccc32)c2ccccc2)ccc1N(C)C(=O)CN1CCN(C)CC1. The van der Waals surface area contributed by atoms with E-state index in [-0.39, 0.29) is 11.8 Å². The molecular weight excluding hydrogens is 514 g/mol. The molecule has 39 heavy (non-hydrogen) atoms. The molecule has 3 aromatic rings. The van der Waals surface area contributed by atoms with Crippen molar-refractivity contribution in [1.29, 1.82) is 0 Å². The molecular formula is C30H32ClN5O3. The van der Waals surface area contributed by atoms with Crippen molar-refractivity contribution in [2.75, 3.05) is 69.5 Å². The van der Waals surface area contributed by atoms with E-state index in [4.69, 9.17) is 16.3 Å². The molecule has 1 fully saturated rings. The maximum Gasteiger partial charge on any atom is 0.258 e. The Kier molecular flexibility index (Phi) is 7.88. The van der Waals surface area contributed by atoms with Gasteiger partial charge >= 0.3 is 0 Å². The molecule has 0 unspecified atom stereocenters. The first-order chi connectivity index (χ1) is 18.8. The zero-order valence-corrected chi connectivity index (χ0v) is 23.1. The molecule has 0 radical (unpaired) electrons. The highest BCUT2D eigenvalue weighted by Crippen LogP contribution is 2.39. The monoisotopic (exact) mass is 545 g/mol. The van der Waals surface area contributed by atoms with Gasteiger partial charge in [0, 0.05) is 55.6 Å². The van der Waals surface area contributed by atoms with E-state index in [1.165, 1.54) is 0 Å². The summed E-state index contributed by atoms with van der Waals surface area (Å²) in [6.07, 6.45) is 0. The Hall–Kier alpha value is -3.85. The number of rotatable bonds is 7. The minimum absolute atomic E-state index is 0.00329. The number of carbonyl (C=O) groups excluding carboxylic acids is 2. The summed E-state index contributed by atoms with van der Waals surface area (Å²) < 4.78 is 5.70. The van der Waals surface area contributed by atoms with Crippen LogP contribution in [0.1, 0.15) is 11.1 Å². The molecule has 5 rings (SSSR count). The van der Waals surface area contributed by atoms with Gasteiger partial charge in [0.15, 0.2) is 0 Å². The fourth-order valence-electron chi connectivity index (χ4n) is 4.89. The van der Waals surface area contributed by atoms with Crippen LogP contribution in [0.5, 0.6) is 5.75 Å². The van der Waals surface area contributed by atoms with Crippen molar-refractivity contribution >= 4 is 51.7 Å². The first-order valence-electron chi connectivity index (χ1n) is 12.9. The molecule has 0 atom stereocenters. The number of likely N-dealkylation sites (N-methyl/N-ethyl adjacent to an activating group) is 2. The molecule has 1 saturated heterocycles. The zero-order valence-electron chi connectivity index (χ0n) is 22.3. The lowest BCUT2D eigenvalue weighted by Crippen LogP contribution is -2.48. The van der Waals surface area contributed by atoms with Gasteiger partial charge in [0.1, 0.15) is 5.75 Å². The number of amides is 2. The van der Waals surface area contributed by atoms with Crippen LogP contribution in [0.2, 0.25) is 5.02 Å². The first-order valence-corrected chi connectivity index (χ1v) is 13.3. The highest BCUT2D eigenvalue weighted by molar-refractivity contribution is 6.38. The summed E-state index contributed by atoms with van der Waals surface area (Å²) in [4.78, 5) is 32.3. The number of anilines is 3. The van der Waals surface area contributed by atoms with Gasteiger partial charge in [-0.1, -0.05) is 48.0 Å². The molecule has 2 amide bonds. The van der Waals surface area contributed by atoms with Gasteiger partial charge in [-0.2, -0.15) is 0 Å². The van der Waals surface area contributed by atoms with E-state index in [1.807, 2.05) is 54.6 Å². The van der Waals surface area contributed by atoms with Gasteiger partial charge in [0.25, 0.3) is 5.91 Å². The molecule has 0 saturated carbocycles. The summed E-state index contributed by atoms with van der Waals surface area (Å²) in [6.45, 7) is 4.01. The van der Waals surface area contributed by atoms with E-state index in [0.29, 0.717) is 40.0 Å². The Balaban J connectivity index is 1.45. The van der Waals surface area contributed by atoms with E-state index in [2.05, 4.69) is 27.5 Å². The largest absolute Gasteiger partial charge is 0.494 e. The quantitative estimate of drug-likeness (QED) is 0.426. The lowest BCUT2D eigenvalue weighted by Gasteiger charge is -2.33. The smallest absolute Gasteiger partial charge is 0.258 e. The van der Waals surface area contributed by atoms with Crippen LogP contribution < -0.4 is 20.3 Å². The average molecular weight is 546 g/mol. The number of benzene rings is 3. The molecule has 8 nitrogen and oxygen atoms in total. The van der Waals surface area contributed by atoms with E-state index >= 15 is 0 Å². The van der Waals surface area contributed by atoms with Crippen LogP contribution in [0.3, 0.4) is 0 Å². The minimum atomic E-state index is -0.212. The Morgan fingerprint density at radius 3 is 2.51 bits per heavy atom. The van der Waals surface area contributed by atoms with E-state index in [0.717, 1.165) is 43.0 Å². The van der Waals surface area contributed by atoms with Crippen LogP contribution in [-0.4, -0.2) is 75.5 Å². The number of hydrogen-bond donors (Lipinski definition) is 2. The van der Waals surface area contributed by atoms with Crippen molar-refractivity contribution in [2.45, 2.75) is 0 Å². The molecule has 2 aliphatic heterocycles. The lowest BCUT2D eigenvalue weighted by atomic mass is 10.00. The van der Waals surface area contributed by atoms with Crippen molar-refractivity contribution in [3.8, 4) is 5.75 Å². The third-order valence-electron chi connectivity index (χ3n) is 7.18. The van der Waals surface area contributed by atoms with Crippen LogP contribution in [-0.2, 0) is 9.59 Å². The lowest BCUT2D eigenvalue weighted by molar-refractivity contribution is -0.119. The summed E-state index contributed by atoms with van der Waals surface area (Å²) in [6, 6.07) is 20.6. The van der Waals surface area contributed by atoms with Gasteiger partial charge in [0.2, 0.25) is 5.91 Å². The van der Waals surface area contributed by atoms with Gasteiger partial charge in [-0.25, -0.2) is 0 Å². The highest BCUT2D eigenvalue weighted by Gasteiger charge is 2.29. The maximum absolute atomic E-state index is 13.1. The molecule has 3 aromatic carbocycles. The molecule has 0 aliphatic carbocycles. The summed E-state index contributed by atoms with van der Waals surface area (Å²) in [5.41, 5.74) is 4.87. The maximum atomic E-state index is 13.1. The van der Waals surface area contributed by atoms with E-state index in [1.54, 1.807) is 31.2 Å². The molecule has 9 heteroatoms. The van der Waals surface area contributed by atoms with Crippen molar-refractivity contribution in [3.63, 3.8) is 0 Å². The van der Waals surface area contributed by atoms with Crippen molar-refractivity contribution in [1.82, 2.24) is 9.80 Å². The number of ether oxygens (including phenoxy) is 1. The number of fused-ring (bicyclic) bond motifs is 1. The predicted molar refractivity (Wildman–Crippen MR) is 157 cm³/mol. The molecule has 0 spiro atoms. The van der Waals surface area contributed by atoms with E-state index < -0.39 is 0 Å². The molecule has 2 aliphatic rings. The molecule has 0 bridgehead atoms. The summed E-state index contributed by atoms with van der Waals surface area (Å²) in [5, 5.41) is 6.93. The number of hydrogen-bond acceptors (Lipinski definition) is 6. The summed E-state index contributed by atoms with van der Waals surface area (Å²) in [7, 11) is 5.45. The number of nitrogens with zero attached hydrogens (tertiary/aromatic N) is 3. The third kappa shape index (κ3) is 5.78. The number of carbonyl (C=O) groups is 2. The number of nitrogens with one attached hydrogen (secondary N) is 2. The number of piperazine rings is 1. The molecule has 2 N–H and O–H groups in total. The van der Waals surface area contributed by atoms with Crippen molar-refractivity contribution < 1.29 is 14.3 Å². The normalized spacial score (nSPS) is 16.9. The van der Waals surface area contributed by atoms with Crippen LogP contribution in [0.15, 0.2) is 66.7 Å². The molecule has 0 aromatic heterocycles. The van der Waals surface area contributed by atoms with E-state index in [9.17, 15) is 9.59 Å². The van der Waals surface area contributed by atoms with Crippen LogP contribution in [0, 0.1) is 0 Å².